The first-order chi connectivity index (χ1) is 14.7. The number of halogens is 1. The van der Waals surface area contributed by atoms with Crippen molar-refractivity contribution < 1.29 is 28.6 Å². The van der Waals surface area contributed by atoms with Gasteiger partial charge in [0.1, 0.15) is 11.3 Å². The molecule has 1 N–H and O–H groups in total. The van der Waals surface area contributed by atoms with Gasteiger partial charge in [-0.25, -0.2) is 9.69 Å². The van der Waals surface area contributed by atoms with Crippen LogP contribution in [-0.4, -0.2) is 38.2 Å². The lowest BCUT2D eigenvalue weighted by Crippen LogP contribution is -2.54. The van der Waals surface area contributed by atoms with Gasteiger partial charge in [-0.1, -0.05) is 11.6 Å². The van der Waals surface area contributed by atoms with Gasteiger partial charge >= 0.3 is 6.03 Å². The largest absolute Gasteiger partial charge is 0.497 e. The van der Waals surface area contributed by atoms with Crippen molar-refractivity contribution in [3.63, 3.8) is 0 Å². The molecule has 3 rings (SSSR count). The van der Waals surface area contributed by atoms with Gasteiger partial charge in [0.15, 0.2) is 11.5 Å². The molecule has 1 heterocycles. The van der Waals surface area contributed by atoms with Gasteiger partial charge in [-0.2, -0.15) is 0 Å². The van der Waals surface area contributed by atoms with Crippen LogP contribution >= 0.6 is 11.6 Å². The molecule has 0 radical (unpaired) electrons. The predicted octanol–water partition coefficient (Wildman–Crippen LogP) is 3.81. The van der Waals surface area contributed by atoms with Gasteiger partial charge in [-0.15, -0.1) is 0 Å². The van der Waals surface area contributed by atoms with E-state index in [0.717, 1.165) is 4.90 Å². The van der Waals surface area contributed by atoms with Crippen molar-refractivity contribution in [3.8, 4) is 17.2 Å². The van der Waals surface area contributed by atoms with E-state index in [1.807, 2.05) is 13.8 Å². The van der Waals surface area contributed by atoms with E-state index in [2.05, 4.69) is 5.32 Å². The van der Waals surface area contributed by atoms with Crippen molar-refractivity contribution in [2.75, 3.05) is 19.1 Å². The Kier molecular flexibility index (Phi) is 6.50. The Morgan fingerprint density at radius 3 is 2.29 bits per heavy atom. The molecule has 1 aliphatic heterocycles. The van der Waals surface area contributed by atoms with E-state index in [1.54, 1.807) is 36.4 Å². The fourth-order valence-corrected chi connectivity index (χ4v) is 3.23. The summed E-state index contributed by atoms with van der Waals surface area (Å²) in [6.45, 7) is 3.70. The minimum Gasteiger partial charge on any atom is -0.497 e. The Bertz CT molecular complexity index is 1060. The number of amides is 4. The summed E-state index contributed by atoms with van der Waals surface area (Å²) in [7, 11) is 2.96. The number of barbiturate groups is 1. The Balaban J connectivity index is 2.00. The Hall–Kier alpha value is -3.52. The smallest absolute Gasteiger partial charge is 0.335 e. The van der Waals surface area contributed by atoms with E-state index in [4.69, 9.17) is 25.8 Å². The zero-order valence-electron chi connectivity index (χ0n) is 17.4. The van der Waals surface area contributed by atoms with Crippen LogP contribution in [0.25, 0.3) is 6.08 Å². The zero-order valence-corrected chi connectivity index (χ0v) is 18.1. The van der Waals surface area contributed by atoms with Crippen LogP contribution in [-0.2, 0) is 9.59 Å². The van der Waals surface area contributed by atoms with E-state index in [-0.39, 0.29) is 22.4 Å². The van der Waals surface area contributed by atoms with Gasteiger partial charge in [0.2, 0.25) is 0 Å². The van der Waals surface area contributed by atoms with Gasteiger partial charge in [0.25, 0.3) is 11.8 Å². The van der Waals surface area contributed by atoms with Crippen molar-refractivity contribution in [1.82, 2.24) is 5.32 Å². The van der Waals surface area contributed by atoms with Gasteiger partial charge in [0.05, 0.1) is 31.0 Å². The molecule has 31 heavy (non-hydrogen) atoms. The SMILES string of the molecule is COc1ccc(N2C(=O)NC(=O)/C(=C\c3cc(Cl)c(OC(C)C)c(OC)c3)C2=O)cc1. The summed E-state index contributed by atoms with van der Waals surface area (Å²) < 4.78 is 16.1. The zero-order chi connectivity index (χ0) is 22.7. The molecule has 0 atom stereocenters. The quantitative estimate of drug-likeness (QED) is 0.537. The molecule has 0 bridgehead atoms. The molecular weight excluding hydrogens is 424 g/mol. The summed E-state index contributed by atoms with van der Waals surface area (Å²) >= 11 is 6.33. The van der Waals surface area contributed by atoms with Crippen LogP contribution in [0.1, 0.15) is 19.4 Å². The van der Waals surface area contributed by atoms with Gasteiger partial charge in [-0.05, 0) is 61.9 Å². The lowest BCUT2D eigenvalue weighted by atomic mass is 10.1. The second-order valence-electron chi connectivity index (χ2n) is 6.86. The van der Waals surface area contributed by atoms with Crippen LogP contribution in [0.5, 0.6) is 17.2 Å². The van der Waals surface area contributed by atoms with Crippen LogP contribution in [0.4, 0.5) is 10.5 Å². The first-order valence-corrected chi connectivity index (χ1v) is 9.72. The normalized spacial score (nSPS) is 15.4. The van der Waals surface area contributed by atoms with E-state index in [1.165, 1.54) is 20.3 Å². The molecule has 0 spiro atoms. The maximum atomic E-state index is 13.0. The minimum atomic E-state index is -0.839. The minimum absolute atomic E-state index is 0.134. The summed E-state index contributed by atoms with van der Waals surface area (Å²) in [5, 5.41) is 2.43. The van der Waals surface area contributed by atoms with E-state index < -0.39 is 17.8 Å². The maximum absolute atomic E-state index is 13.0. The number of carbonyl (C=O) groups excluding carboxylic acids is 3. The number of ether oxygens (including phenoxy) is 3. The van der Waals surface area contributed by atoms with Crippen LogP contribution in [0.15, 0.2) is 42.0 Å². The number of anilines is 1. The lowest BCUT2D eigenvalue weighted by Gasteiger charge is -2.26. The molecule has 1 fully saturated rings. The predicted molar refractivity (Wildman–Crippen MR) is 116 cm³/mol. The molecule has 1 aliphatic rings. The molecule has 0 aromatic heterocycles. The Labute approximate surface area is 184 Å². The average molecular weight is 445 g/mol. The number of nitrogens with zero attached hydrogens (tertiary/aromatic N) is 1. The second kappa shape index (κ2) is 9.09. The van der Waals surface area contributed by atoms with E-state index >= 15 is 0 Å². The van der Waals surface area contributed by atoms with Crippen molar-refractivity contribution >= 4 is 41.2 Å². The van der Waals surface area contributed by atoms with Crippen molar-refractivity contribution in [1.29, 1.82) is 0 Å². The number of nitrogens with one attached hydrogen (secondary N) is 1. The summed E-state index contributed by atoms with van der Waals surface area (Å²) in [6, 6.07) is 8.59. The highest BCUT2D eigenvalue weighted by atomic mass is 35.5. The van der Waals surface area contributed by atoms with Crippen LogP contribution in [0.2, 0.25) is 5.02 Å². The molecular formula is C22H21ClN2O6. The third-order valence-corrected chi connectivity index (χ3v) is 4.63. The fourth-order valence-electron chi connectivity index (χ4n) is 2.96. The average Bonchev–Trinajstić information content (AvgIpc) is 2.72. The molecule has 1 saturated heterocycles. The first kappa shape index (κ1) is 22.2. The standard InChI is InChI=1S/C22H21ClN2O6/c1-12(2)31-19-17(23)10-13(11-18(19)30-4)9-16-20(26)24-22(28)25(21(16)27)14-5-7-15(29-3)8-6-14/h5-12H,1-4H3,(H,24,26,28)/b16-9+. The van der Waals surface area contributed by atoms with Crippen LogP contribution in [0.3, 0.4) is 0 Å². The van der Waals surface area contributed by atoms with Gasteiger partial charge in [-0.3, -0.25) is 14.9 Å². The van der Waals surface area contributed by atoms with E-state index in [9.17, 15) is 14.4 Å². The summed E-state index contributed by atoms with van der Waals surface area (Å²) in [6.07, 6.45) is 1.21. The highest BCUT2D eigenvalue weighted by Gasteiger charge is 2.36. The van der Waals surface area contributed by atoms with E-state index in [0.29, 0.717) is 22.8 Å². The molecule has 4 amide bonds. The van der Waals surface area contributed by atoms with Gasteiger partial charge in [0, 0.05) is 0 Å². The molecule has 2 aromatic carbocycles. The van der Waals surface area contributed by atoms with Crippen molar-refractivity contribution in [2.24, 2.45) is 0 Å². The third kappa shape index (κ3) is 4.64. The number of hydrogen-bond donors (Lipinski definition) is 1. The number of methoxy groups -OCH3 is 2. The highest BCUT2D eigenvalue weighted by molar-refractivity contribution is 6.39. The van der Waals surface area contributed by atoms with Crippen molar-refractivity contribution in [2.45, 2.75) is 20.0 Å². The third-order valence-electron chi connectivity index (χ3n) is 4.35. The number of benzene rings is 2. The Morgan fingerprint density at radius 2 is 1.71 bits per heavy atom. The molecule has 0 unspecified atom stereocenters. The van der Waals surface area contributed by atoms with Crippen molar-refractivity contribution in [3.05, 3.63) is 52.6 Å². The number of urea groups is 1. The molecule has 0 aliphatic carbocycles. The molecule has 162 valence electrons. The highest BCUT2D eigenvalue weighted by Crippen LogP contribution is 2.38. The molecule has 9 heteroatoms. The fraction of sp³-hybridized carbons (Fsp3) is 0.227. The van der Waals surface area contributed by atoms with Crippen LogP contribution in [0, 0.1) is 0 Å². The summed E-state index contributed by atoms with van der Waals surface area (Å²) in [5.41, 5.74) is 0.490. The van der Waals surface area contributed by atoms with Crippen LogP contribution < -0.4 is 24.4 Å². The number of rotatable bonds is 6. The molecule has 0 saturated carbocycles. The summed E-state index contributed by atoms with van der Waals surface area (Å²) in [5.74, 6) is -0.310. The number of imide groups is 2. The monoisotopic (exact) mass is 444 g/mol. The maximum Gasteiger partial charge on any atom is 0.335 e. The molecule has 2 aromatic rings. The molecule has 8 nitrogen and oxygen atoms in total. The number of hydrogen-bond acceptors (Lipinski definition) is 6. The second-order valence-corrected chi connectivity index (χ2v) is 7.26. The van der Waals surface area contributed by atoms with Gasteiger partial charge < -0.3 is 14.2 Å². The topological polar surface area (TPSA) is 94.2 Å². The Morgan fingerprint density at radius 1 is 1.03 bits per heavy atom. The summed E-state index contributed by atoms with van der Waals surface area (Å²) in [4.78, 5) is 38.6. The first-order valence-electron chi connectivity index (χ1n) is 9.34. The lowest BCUT2D eigenvalue weighted by molar-refractivity contribution is -0.122. The number of carbonyl (C=O) groups is 3.